The van der Waals surface area contributed by atoms with Crippen molar-refractivity contribution < 1.29 is 17.9 Å². The van der Waals surface area contributed by atoms with E-state index in [1.54, 1.807) is 0 Å². The number of amides is 1. The summed E-state index contributed by atoms with van der Waals surface area (Å²) >= 11 is 0. The average molecular weight is 177 g/mol. The van der Waals surface area contributed by atoms with Crippen LogP contribution in [0.4, 0.5) is 4.79 Å². The lowest BCUT2D eigenvalue weighted by molar-refractivity contribution is 0.146. The Bertz CT molecular complexity index is 274. The Morgan fingerprint density at radius 2 is 2.18 bits per heavy atom. The molecule has 5 nitrogen and oxygen atoms in total. The van der Waals surface area contributed by atoms with Crippen LogP contribution in [-0.4, -0.2) is 38.2 Å². The number of fused-ring (bicyclic) bond motifs is 1. The van der Waals surface area contributed by atoms with Gasteiger partial charge in [0.05, 0.1) is 17.5 Å². The molecule has 0 aliphatic carbocycles. The van der Waals surface area contributed by atoms with E-state index in [0.717, 1.165) is 0 Å². The number of carbonyl (C=O) groups excluding carboxylic acids is 1. The number of sulfone groups is 1. The van der Waals surface area contributed by atoms with Crippen LogP contribution in [0, 0.1) is 0 Å². The van der Waals surface area contributed by atoms with Gasteiger partial charge in [-0.3, -0.25) is 0 Å². The first kappa shape index (κ1) is 6.90. The van der Waals surface area contributed by atoms with Crippen LogP contribution in [0.25, 0.3) is 0 Å². The van der Waals surface area contributed by atoms with Gasteiger partial charge in [-0.2, -0.15) is 0 Å². The van der Waals surface area contributed by atoms with Crippen LogP contribution < -0.4 is 5.32 Å². The molecule has 62 valence electrons. The summed E-state index contributed by atoms with van der Waals surface area (Å²) < 4.78 is 26.5. The lowest BCUT2D eigenvalue weighted by Crippen LogP contribution is -2.30. The maximum atomic E-state index is 10.9. The van der Waals surface area contributed by atoms with Crippen molar-refractivity contribution in [1.29, 1.82) is 0 Å². The van der Waals surface area contributed by atoms with Crippen LogP contribution in [0.2, 0.25) is 0 Å². The fraction of sp³-hybridized carbons (Fsp3) is 0.800. The van der Waals surface area contributed by atoms with Crippen molar-refractivity contribution in [3.63, 3.8) is 0 Å². The van der Waals surface area contributed by atoms with Crippen molar-refractivity contribution in [2.24, 2.45) is 0 Å². The number of hydrogen-bond acceptors (Lipinski definition) is 4. The zero-order valence-electron chi connectivity index (χ0n) is 5.61. The van der Waals surface area contributed by atoms with Crippen LogP contribution in [0.15, 0.2) is 0 Å². The molecule has 0 saturated carbocycles. The highest BCUT2D eigenvalue weighted by molar-refractivity contribution is 7.91. The summed E-state index contributed by atoms with van der Waals surface area (Å²) in [5.74, 6) is -0.0141. The largest absolute Gasteiger partial charge is 0.443 e. The maximum absolute atomic E-state index is 10.9. The number of hydrogen-bond donors (Lipinski definition) is 1. The van der Waals surface area contributed by atoms with Gasteiger partial charge < -0.3 is 10.1 Å². The Kier molecular flexibility index (Phi) is 1.18. The molecule has 6 heteroatoms. The summed E-state index contributed by atoms with van der Waals surface area (Å²) in [6, 6.07) is -0.313. The molecule has 0 aromatic heterocycles. The molecule has 2 saturated heterocycles. The number of carbonyl (C=O) groups is 1. The number of rotatable bonds is 0. The van der Waals surface area contributed by atoms with E-state index in [4.69, 9.17) is 4.74 Å². The maximum Gasteiger partial charge on any atom is 0.407 e. The minimum Gasteiger partial charge on any atom is -0.443 e. The van der Waals surface area contributed by atoms with Crippen LogP contribution in [-0.2, 0) is 14.6 Å². The summed E-state index contributed by atoms with van der Waals surface area (Å²) in [5.41, 5.74) is 0. The molecule has 0 aromatic carbocycles. The SMILES string of the molecule is O=C1N[C@@H]2CS(=O)(=O)C[C@H]2O1. The van der Waals surface area contributed by atoms with E-state index in [9.17, 15) is 13.2 Å². The second-order valence-electron chi connectivity index (χ2n) is 2.77. The lowest BCUT2D eigenvalue weighted by Gasteiger charge is -1.99. The minimum atomic E-state index is -2.97. The molecule has 2 aliphatic heterocycles. The van der Waals surface area contributed by atoms with Crippen LogP contribution >= 0.6 is 0 Å². The van der Waals surface area contributed by atoms with Gasteiger partial charge in [0.25, 0.3) is 0 Å². The second kappa shape index (κ2) is 1.88. The standard InChI is InChI=1S/C5H7NO4S/c7-5-6-3-1-11(8,9)2-4(3)10-5/h3-4H,1-2H2,(H,6,7)/t3-,4-/m1/s1. The van der Waals surface area contributed by atoms with Gasteiger partial charge in [-0.1, -0.05) is 0 Å². The fourth-order valence-electron chi connectivity index (χ4n) is 1.39. The van der Waals surface area contributed by atoms with Gasteiger partial charge >= 0.3 is 6.09 Å². The van der Waals surface area contributed by atoms with Gasteiger partial charge in [0.2, 0.25) is 0 Å². The highest BCUT2D eigenvalue weighted by Gasteiger charge is 2.45. The van der Waals surface area contributed by atoms with Crippen molar-refractivity contribution in [3.05, 3.63) is 0 Å². The summed E-state index contributed by atoms with van der Waals surface area (Å²) in [4.78, 5) is 10.5. The first-order chi connectivity index (χ1) is 5.07. The van der Waals surface area contributed by atoms with E-state index in [1.807, 2.05) is 0 Å². The molecule has 2 fully saturated rings. The van der Waals surface area contributed by atoms with Crippen molar-refractivity contribution in [1.82, 2.24) is 5.32 Å². The molecule has 0 bridgehead atoms. The van der Waals surface area contributed by atoms with Gasteiger partial charge in [-0.05, 0) is 0 Å². The van der Waals surface area contributed by atoms with Crippen LogP contribution in [0.1, 0.15) is 0 Å². The smallest absolute Gasteiger partial charge is 0.407 e. The lowest BCUT2D eigenvalue weighted by atomic mass is 10.2. The average Bonchev–Trinajstić information content (AvgIpc) is 2.17. The summed E-state index contributed by atoms with van der Waals surface area (Å²) in [5, 5.41) is 2.43. The van der Waals surface area contributed by atoms with Crippen molar-refractivity contribution in [3.8, 4) is 0 Å². The van der Waals surface area contributed by atoms with Gasteiger partial charge in [-0.15, -0.1) is 0 Å². The first-order valence-corrected chi connectivity index (χ1v) is 5.06. The third-order valence-corrected chi connectivity index (χ3v) is 3.57. The van der Waals surface area contributed by atoms with Gasteiger partial charge in [0, 0.05) is 0 Å². The van der Waals surface area contributed by atoms with E-state index >= 15 is 0 Å². The van der Waals surface area contributed by atoms with E-state index in [2.05, 4.69) is 5.32 Å². The molecule has 1 N–H and O–H groups in total. The number of nitrogens with one attached hydrogen (secondary N) is 1. The van der Waals surface area contributed by atoms with Crippen molar-refractivity contribution in [2.75, 3.05) is 11.5 Å². The highest BCUT2D eigenvalue weighted by atomic mass is 32.2. The molecule has 2 rings (SSSR count). The normalized spacial score (nSPS) is 39.5. The van der Waals surface area contributed by atoms with Crippen molar-refractivity contribution >= 4 is 15.9 Å². The minimum absolute atomic E-state index is 0.0173. The molecular formula is C5H7NO4S. The monoisotopic (exact) mass is 177 g/mol. The van der Waals surface area contributed by atoms with E-state index < -0.39 is 22.0 Å². The van der Waals surface area contributed by atoms with Gasteiger partial charge in [0.15, 0.2) is 9.84 Å². The highest BCUT2D eigenvalue weighted by Crippen LogP contribution is 2.20. The second-order valence-corrected chi connectivity index (χ2v) is 4.93. The van der Waals surface area contributed by atoms with E-state index in [0.29, 0.717) is 0 Å². The number of alkyl carbamates (subject to hydrolysis) is 1. The predicted molar refractivity (Wildman–Crippen MR) is 35.8 cm³/mol. The van der Waals surface area contributed by atoms with E-state index in [1.165, 1.54) is 0 Å². The molecule has 0 spiro atoms. The number of ether oxygens (including phenoxy) is 1. The molecule has 11 heavy (non-hydrogen) atoms. The predicted octanol–water partition coefficient (Wildman–Crippen LogP) is -1.11. The third-order valence-electron chi connectivity index (χ3n) is 1.86. The van der Waals surface area contributed by atoms with E-state index in [-0.39, 0.29) is 17.5 Å². The van der Waals surface area contributed by atoms with Gasteiger partial charge in [-0.25, -0.2) is 13.2 Å². The van der Waals surface area contributed by atoms with Crippen LogP contribution in [0.5, 0.6) is 0 Å². The van der Waals surface area contributed by atoms with Gasteiger partial charge in [0.1, 0.15) is 6.10 Å². The molecule has 2 heterocycles. The zero-order chi connectivity index (χ0) is 8.06. The quantitative estimate of drug-likeness (QED) is 0.509. The summed E-state index contributed by atoms with van der Waals surface area (Å²) in [6.45, 7) is 0. The fourth-order valence-corrected chi connectivity index (χ4v) is 3.17. The molecule has 0 aromatic rings. The van der Waals surface area contributed by atoms with Crippen molar-refractivity contribution in [2.45, 2.75) is 12.1 Å². The zero-order valence-corrected chi connectivity index (χ0v) is 6.43. The molecule has 0 unspecified atom stereocenters. The topological polar surface area (TPSA) is 72.5 Å². The Hall–Kier alpha value is -0.780. The molecule has 0 radical (unpaired) electrons. The third kappa shape index (κ3) is 1.07. The Morgan fingerprint density at radius 3 is 2.82 bits per heavy atom. The van der Waals surface area contributed by atoms with Crippen LogP contribution in [0.3, 0.4) is 0 Å². The summed E-state index contributed by atoms with van der Waals surface area (Å²) in [7, 11) is -2.97. The summed E-state index contributed by atoms with van der Waals surface area (Å²) in [6.07, 6.45) is -0.956. The molecular weight excluding hydrogens is 170 g/mol. The molecule has 1 amide bonds. The Balaban J connectivity index is 2.22. The Morgan fingerprint density at radius 1 is 1.45 bits per heavy atom. The molecule has 2 aliphatic rings. The Labute approximate surface area is 63.6 Å². The molecule has 2 atom stereocenters. The first-order valence-electron chi connectivity index (χ1n) is 3.24.